The zero-order valence-corrected chi connectivity index (χ0v) is 13.1. The summed E-state index contributed by atoms with van der Waals surface area (Å²) in [5.74, 6) is 0.141. The smallest absolute Gasteiger partial charge is 0.264 e. The summed E-state index contributed by atoms with van der Waals surface area (Å²) in [5.41, 5.74) is 3.13. The van der Waals surface area contributed by atoms with Gasteiger partial charge in [-0.3, -0.25) is 4.79 Å². The lowest BCUT2D eigenvalue weighted by atomic mass is 10.1. The number of hydrogen-bond acceptors (Lipinski definition) is 6. The van der Waals surface area contributed by atoms with Crippen molar-refractivity contribution in [3.63, 3.8) is 0 Å². The third-order valence-electron chi connectivity index (χ3n) is 3.07. The van der Waals surface area contributed by atoms with Gasteiger partial charge in [0.1, 0.15) is 10.9 Å². The van der Waals surface area contributed by atoms with Gasteiger partial charge in [-0.2, -0.15) is 4.98 Å². The second-order valence-corrected chi connectivity index (χ2v) is 5.81. The summed E-state index contributed by atoms with van der Waals surface area (Å²) in [6.07, 6.45) is 1.22. The maximum absolute atomic E-state index is 12.4. The highest BCUT2D eigenvalue weighted by Crippen LogP contribution is 2.22. The van der Waals surface area contributed by atoms with E-state index in [2.05, 4.69) is 20.4 Å². The second kappa shape index (κ2) is 6.25. The van der Waals surface area contributed by atoms with Crippen LogP contribution < -0.4 is 5.32 Å². The number of carbonyl (C=O) groups is 1. The first-order valence-corrected chi connectivity index (χ1v) is 7.63. The van der Waals surface area contributed by atoms with Gasteiger partial charge in [-0.15, -0.1) is 11.3 Å². The van der Waals surface area contributed by atoms with E-state index in [1.165, 1.54) is 17.7 Å². The summed E-state index contributed by atoms with van der Waals surface area (Å²) < 4.78 is 4.79. The van der Waals surface area contributed by atoms with Crippen LogP contribution in [0, 0.1) is 6.92 Å². The van der Waals surface area contributed by atoms with Crippen LogP contribution in [0.5, 0.6) is 0 Å². The molecule has 0 saturated heterocycles. The van der Waals surface area contributed by atoms with Crippen LogP contribution in [0.4, 0.5) is 0 Å². The van der Waals surface area contributed by atoms with Crippen LogP contribution >= 0.6 is 22.9 Å². The molecule has 112 valence electrons. The fraction of sp³-hybridized carbons (Fsp3) is 0.143. The molecule has 1 atom stereocenters. The van der Waals surface area contributed by atoms with E-state index in [0.717, 1.165) is 5.56 Å². The predicted octanol–water partition coefficient (Wildman–Crippen LogP) is 3.01. The van der Waals surface area contributed by atoms with Crippen molar-refractivity contribution in [1.29, 1.82) is 0 Å². The fourth-order valence-electron chi connectivity index (χ4n) is 1.97. The first-order valence-electron chi connectivity index (χ1n) is 6.38. The minimum atomic E-state index is -0.523. The van der Waals surface area contributed by atoms with E-state index in [1.54, 1.807) is 24.6 Å². The summed E-state index contributed by atoms with van der Waals surface area (Å²) >= 11 is 7.19. The molecule has 0 spiro atoms. The normalized spacial score (nSPS) is 12.1. The number of nitrogens with one attached hydrogen (secondary N) is 1. The molecule has 0 aliphatic heterocycles. The van der Waals surface area contributed by atoms with Gasteiger partial charge in [0.15, 0.2) is 5.82 Å². The van der Waals surface area contributed by atoms with Crippen molar-refractivity contribution >= 4 is 28.8 Å². The van der Waals surface area contributed by atoms with E-state index in [9.17, 15) is 4.79 Å². The molecule has 0 unspecified atom stereocenters. The standard InChI is InChI=1S/C14H11ClN4O2S/c1-8-12(22-7-17-8)14(20)18-11(13-16-6-21-19-13)9-2-4-10(15)5-3-9/h2-7,11H,1H3,(H,18,20)/t11-/m1/s1. The van der Waals surface area contributed by atoms with E-state index in [4.69, 9.17) is 16.1 Å². The summed E-state index contributed by atoms with van der Waals surface area (Å²) in [5, 5.41) is 7.34. The van der Waals surface area contributed by atoms with E-state index < -0.39 is 6.04 Å². The van der Waals surface area contributed by atoms with E-state index in [1.807, 2.05) is 12.1 Å². The highest BCUT2D eigenvalue weighted by atomic mass is 35.5. The van der Waals surface area contributed by atoms with Crippen LogP contribution in [0.3, 0.4) is 0 Å². The molecule has 8 heteroatoms. The number of carbonyl (C=O) groups excluding carboxylic acids is 1. The van der Waals surface area contributed by atoms with Gasteiger partial charge in [0.25, 0.3) is 5.91 Å². The van der Waals surface area contributed by atoms with Gasteiger partial charge in [-0.05, 0) is 24.6 Å². The number of amides is 1. The van der Waals surface area contributed by atoms with Gasteiger partial charge >= 0.3 is 0 Å². The Morgan fingerprint density at radius 1 is 1.32 bits per heavy atom. The number of aromatic nitrogens is 3. The summed E-state index contributed by atoms with van der Waals surface area (Å²) in [4.78, 5) is 21.1. The number of halogens is 1. The van der Waals surface area contributed by atoms with Gasteiger partial charge in [0.2, 0.25) is 6.39 Å². The van der Waals surface area contributed by atoms with Crippen molar-refractivity contribution < 1.29 is 9.32 Å². The predicted molar refractivity (Wildman–Crippen MR) is 81.9 cm³/mol. The average Bonchev–Trinajstić information content (AvgIpc) is 3.17. The maximum Gasteiger partial charge on any atom is 0.264 e. The van der Waals surface area contributed by atoms with Crippen molar-refractivity contribution in [2.75, 3.05) is 0 Å². The molecule has 2 aromatic heterocycles. The largest absolute Gasteiger partial charge is 0.343 e. The molecule has 2 heterocycles. The van der Waals surface area contributed by atoms with Gasteiger partial charge in [0, 0.05) is 5.02 Å². The van der Waals surface area contributed by atoms with E-state index in [0.29, 0.717) is 21.4 Å². The molecule has 0 aliphatic rings. The molecule has 1 aromatic carbocycles. The zero-order chi connectivity index (χ0) is 15.5. The van der Waals surface area contributed by atoms with Crippen molar-refractivity contribution in [3.8, 4) is 0 Å². The number of benzene rings is 1. The lowest BCUT2D eigenvalue weighted by Gasteiger charge is -2.15. The van der Waals surface area contributed by atoms with Crippen LogP contribution in [0.15, 0.2) is 40.7 Å². The van der Waals surface area contributed by atoms with Gasteiger partial charge < -0.3 is 9.84 Å². The molecule has 0 radical (unpaired) electrons. The lowest BCUT2D eigenvalue weighted by Crippen LogP contribution is -2.30. The fourth-order valence-corrected chi connectivity index (χ4v) is 2.81. The summed E-state index contributed by atoms with van der Waals surface area (Å²) in [6, 6.07) is 6.58. The summed E-state index contributed by atoms with van der Waals surface area (Å²) in [7, 11) is 0. The first kappa shape index (κ1) is 14.7. The minimum Gasteiger partial charge on any atom is -0.343 e. The highest BCUT2D eigenvalue weighted by Gasteiger charge is 2.23. The van der Waals surface area contributed by atoms with E-state index in [-0.39, 0.29) is 5.91 Å². The number of thiazole rings is 1. The van der Waals surface area contributed by atoms with E-state index >= 15 is 0 Å². The van der Waals surface area contributed by atoms with Gasteiger partial charge in [-0.1, -0.05) is 28.9 Å². The van der Waals surface area contributed by atoms with Crippen LogP contribution in [0.25, 0.3) is 0 Å². The zero-order valence-electron chi connectivity index (χ0n) is 11.5. The maximum atomic E-state index is 12.4. The van der Waals surface area contributed by atoms with Crippen LogP contribution in [-0.4, -0.2) is 21.0 Å². The van der Waals surface area contributed by atoms with Crippen molar-refractivity contribution in [3.05, 3.63) is 63.2 Å². The molecular weight excluding hydrogens is 324 g/mol. The number of aryl methyl sites for hydroxylation is 1. The SMILES string of the molecule is Cc1ncsc1C(=O)N[C@H](c1ccc(Cl)cc1)c1ncon1. The first-order chi connectivity index (χ1) is 10.6. The number of rotatable bonds is 4. The number of hydrogen-bond donors (Lipinski definition) is 1. The van der Waals surface area contributed by atoms with Gasteiger partial charge in [0.05, 0.1) is 11.2 Å². The quantitative estimate of drug-likeness (QED) is 0.793. The van der Waals surface area contributed by atoms with Crippen molar-refractivity contribution in [2.45, 2.75) is 13.0 Å². The molecule has 22 heavy (non-hydrogen) atoms. The average molecular weight is 335 g/mol. The van der Waals surface area contributed by atoms with Crippen LogP contribution in [-0.2, 0) is 0 Å². The molecule has 0 aliphatic carbocycles. The molecular formula is C14H11ClN4O2S. The van der Waals surface area contributed by atoms with Crippen LogP contribution in [0.1, 0.15) is 32.8 Å². The highest BCUT2D eigenvalue weighted by molar-refractivity contribution is 7.11. The lowest BCUT2D eigenvalue weighted by molar-refractivity contribution is 0.0944. The minimum absolute atomic E-state index is 0.232. The Kier molecular flexibility index (Phi) is 4.17. The molecule has 0 bridgehead atoms. The molecule has 3 aromatic rings. The molecule has 0 fully saturated rings. The van der Waals surface area contributed by atoms with Crippen LogP contribution in [0.2, 0.25) is 5.02 Å². The molecule has 6 nitrogen and oxygen atoms in total. The third-order valence-corrected chi connectivity index (χ3v) is 4.25. The Labute approximate surface area is 135 Å². The Balaban J connectivity index is 1.91. The Morgan fingerprint density at radius 3 is 2.68 bits per heavy atom. The second-order valence-electron chi connectivity index (χ2n) is 4.51. The molecule has 3 rings (SSSR count). The Hall–Kier alpha value is -2.25. The molecule has 1 amide bonds. The Morgan fingerprint density at radius 2 is 2.09 bits per heavy atom. The third kappa shape index (κ3) is 3.00. The molecule has 1 N–H and O–H groups in total. The molecule has 0 saturated carbocycles. The van der Waals surface area contributed by atoms with Gasteiger partial charge in [-0.25, -0.2) is 4.98 Å². The Bertz CT molecular complexity index is 771. The summed E-state index contributed by atoms with van der Waals surface area (Å²) in [6.45, 7) is 1.79. The topological polar surface area (TPSA) is 80.9 Å². The monoisotopic (exact) mass is 334 g/mol. The number of nitrogens with zero attached hydrogens (tertiary/aromatic N) is 3. The van der Waals surface area contributed by atoms with Crippen molar-refractivity contribution in [1.82, 2.24) is 20.4 Å². The van der Waals surface area contributed by atoms with Crippen molar-refractivity contribution in [2.24, 2.45) is 0 Å².